The van der Waals surface area contributed by atoms with Crippen LogP contribution in [0.1, 0.15) is 0 Å². The number of hydrogen-bond donors (Lipinski definition) is 0. The van der Waals surface area contributed by atoms with Crippen LogP contribution in [-0.2, 0) is 11.5 Å². The molecular formula is C13H18BrFN2OSi. The second-order valence-electron chi connectivity index (χ2n) is 5.84. The van der Waals surface area contributed by atoms with Crippen LogP contribution in [0.5, 0.6) is 0 Å². The Morgan fingerprint density at radius 1 is 1.37 bits per heavy atom. The number of fused-ring (bicyclic) bond motifs is 1. The van der Waals surface area contributed by atoms with E-state index in [1.165, 1.54) is 6.07 Å². The number of ether oxygens (including phenoxy) is 1. The zero-order valence-corrected chi connectivity index (χ0v) is 14.0. The lowest BCUT2D eigenvalue weighted by Crippen LogP contribution is -2.22. The summed E-state index contributed by atoms with van der Waals surface area (Å²) in [6.07, 6.45) is 1.87. The van der Waals surface area contributed by atoms with Gasteiger partial charge in [-0.15, -0.1) is 0 Å². The Labute approximate surface area is 121 Å². The molecule has 104 valence electrons. The van der Waals surface area contributed by atoms with Crippen molar-refractivity contribution in [1.82, 2.24) is 9.78 Å². The van der Waals surface area contributed by atoms with Gasteiger partial charge in [-0.05, 0) is 28.0 Å². The van der Waals surface area contributed by atoms with Gasteiger partial charge in [0.25, 0.3) is 0 Å². The van der Waals surface area contributed by atoms with E-state index < -0.39 is 8.07 Å². The zero-order valence-electron chi connectivity index (χ0n) is 11.4. The van der Waals surface area contributed by atoms with Crippen LogP contribution in [0.2, 0.25) is 25.7 Å². The summed E-state index contributed by atoms with van der Waals surface area (Å²) in [5.41, 5.74) is 0.648. The van der Waals surface area contributed by atoms with E-state index in [-0.39, 0.29) is 5.82 Å². The van der Waals surface area contributed by atoms with Crippen molar-refractivity contribution in [1.29, 1.82) is 0 Å². The van der Waals surface area contributed by atoms with Crippen LogP contribution in [0.3, 0.4) is 0 Å². The minimum Gasteiger partial charge on any atom is -0.360 e. The van der Waals surface area contributed by atoms with Gasteiger partial charge in [-0.25, -0.2) is 9.07 Å². The van der Waals surface area contributed by atoms with Crippen molar-refractivity contribution >= 4 is 34.9 Å². The molecule has 0 unspecified atom stereocenters. The number of aromatic nitrogens is 2. The summed E-state index contributed by atoms with van der Waals surface area (Å²) in [6.45, 7) is 8.12. The van der Waals surface area contributed by atoms with Gasteiger partial charge >= 0.3 is 0 Å². The van der Waals surface area contributed by atoms with Gasteiger partial charge < -0.3 is 4.74 Å². The highest BCUT2D eigenvalue weighted by atomic mass is 79.9. The number of benzene rings is 1. The Bertz CT molecular complexity index is 541. The first-order valence-electron chi connectivity index (χ1n) is 6.25. The molecule has 0 aliphatic heterocycles. The van der Waals surface area contributed by atoms with Crippen molar-refractivity contribution in [3.05, 3.63) is 28.6 Å². The molecule has 0 atom stereocenters. The van der Waals surface area contributed by atoms with Crippen LogP contribution >= 0.6 is 15.9 Å². The highest BCUT2D eigenvalue weighted by Gasteiger charge is 2.12. The van der Waals surface area contributed by atoms with E-state index in [9.17, 15) is 4.39 Å². The molecule has 0 saturated heterocycles. The minimum absolute atomic E-state index is 0.294. The van der Waals surface area contributed by atoms with E-state index in [2.05, 4.69) is 40.7 Å². The van der Waals surface area contributed by atoms with Crippen LogP contribution in [-0.4, -0.2) is 24.5 Å². The molecule has 0 aliphatic carbocycles. The Hall–Kier alpha value is -0.723. The molecule has 19 heavy (non-hydrogen) atoms. The Kier molecular flexibility index (Phi) is 4.42. The minimum atomic E-state index is -1.05. The van der Waals surface area contributed by atoms with Crippen LogP contribution in [0.25, 0.3) is 10.9 Å². The van der Waals surface area contributed by atoms with Gasteiger partial charge in [-0.1, -0.05) is 19.6 Å². The van der Waals surface area contributed by atoms with E-state index >= 15 is 0 Å². The zero-order chi connectivity index (χ0) is 14.0. The second-order valence-corrected chi connectivity index (χ2v) is 12.3. The third kappa shape index (κ3) is 4.12. The normalized spacial score (nSPS) is 12.3. The molecule has 0 aliphatic rings. The molecule has 1 aromatic heterocycles. The van der Waals surface area contributed by atoms with Crippen molar-refractivity contribution < 1.29 is 9.13 Å². The maximum atomic E-state index is 13.4. The molecule has 2 rings (SSSR count). The van der Waals surface area contributed by atoms with Crippen LogP contribution in [0.4, 0.5) is 4.39 Å². The lowest BCUT2D eigenvalue weighted by molar-refractivity contribution is 0.0791. The van der Waals surface area contributed by atoms with Gasteiger partial charge in [-0.3, -0.25) is 0 Å². The maximum Gasteiger partial charge on any atom is 0.139 e. The number of hydrogen-bond acceptors (Lipinski definition) is 2. The molecule has 0 bridgehead atoms. The molecule has 0 saturated carbocycles. The largest absolute Gasteiger partial charge is 0.360 e. The molecule has 0 fully saturated rings. The fourth-order valence-corrected chi connectivity index (χ4v) is 2.79. The Balaban J connectivity index is 1.98. The lowest BCUT2D eigenvalue weighted by Gasteiger charge is -2.15. The lowest BCUT2D eigenvalue weighted by atomic mass is 10.2. The van der Waals surface area contributed by atoms with Gasteiger partial charge in [-0.2, -0.15) is 5.10 Å². The summed E-state index contributed by atoms with van der Waals surface area (Å²) in [7, 11) is -1.05. The topological polar surface area (TPSA) is 27.1 Å². The smallest absolute Gasteiger partial charge is 0.139 e. The van der Waals surface area contributed by atoms with E-state index in [4.69, 9.17) is 4.74 Å². The molecular weight excluding hydrogens is 327 g/mol. The molecule has 3 nitrogen and oxygen atoms in total. The van der Waals surface area contributed by atoms with Crippen molar-refractivity contribution in [3.63, 3.8) is 0 Å². The van der Waals surface area contributed by atoms with E-state index in [0.717, 1.165) is 18.0 Å². The van der Waals surface area contributed by atoms with E-state index in [0.29, 0.717) is 16.7 Å². The van der Waals surface area contributed by atoms with Gasteiger partial charge in [0.1, 0.15) is 12.5 Å². The number of rotatable bonds is 5. The molecule has 0 radical (unpaired) electrons. The van der Waals surface area contributed by atoms with Gasteiger partial charge in [0.05, 0.1) is 9.99 Å². The Morgan fingerprint density at radius 2 is 2.11 bits per heavy atom. The summed E-state index contributed by atoms with van der Waals surface area (Å²) in [6, 6.07) is 4.29. The van der Waals surface area contributed by atoms with Gasteiger partial charge in [0, 0.05) is 32.3 Å². The first-order chi connectivity index (χ1) is 8.85. The molecule has 0 N–H and O–H groups in total. The quantitative estimate of drug-likeness (QED) is 0.598. The SMILES string of the molecule is C[Si](C)(C)CCOCn1cc2cc(Br)c(F)cc2n1. The van der Waals surface area contributed by atoms with Gasteiger partial charge in [0.15, 0.2) is 0 Å². The molecule has 0 spiro atoms. The average molecular weight is 345 g/mol. The van der Waals surface area contributed by atoms with Crippen molar-refractivity contribution in [2.45, 2.75) is 32.4 Å². The summed E-state index contributed by atoms with van der Waals surface area (Å²) in [4.78, 5) is 0. The van der Waals surface area contributed by atoms with Crippen LogP contribution in [0, 0.1) is 5.82 Å². The summed E-state index contributed by atoms with van der Waals surface area (Å²) in [5, 5.41) is 5.20. The molecule has 0 amide bonds. The predicted molar refractivity (Wildman–Crippen MR) is 81.5 cm³/mol. The summed E-state index contributed by atoms with van der Waals surface area (Å²) in [5.74, 6) is -0.294. The highest BCUT2D eigenvalue weighted by Crippen LogP contribution is 2.22. The summed E-state index contributed by atoms with van der Waals surface area (Å²) >= 11 is 3.17. The molecule has 6 heteroatoms. The Morgan fingerprint density at radius 3 is 2.79 bits per heavy atom. The maximum absolute atomic E-state index is 13.4. The van der Waals surface area contributed by atoms with Crippen molar-refractivity contribution in [2.75, 3.05) is 6.61 Å². The first kappa shape index (κ1) is 14.7. The number of nitrogens with zero attached hydrogens (tertiary/aromatic N) is 2. The molecule has 1 heterocycles. The summed E-state index contributed by atoms with van der Waals surface area (Å²) < 4.78 is 21.2. The molecule has 2 aromatic rings. The third-order valence-corrected chi connectivity index (χ3v) is 5.13. The third-order valence-electron chi connectivity index (χ3n) is 2.81. The van der Waals surface area contributed by atoms with Crippen molar-refractivity contribution in [3.8, 4) is 0 Å². The average Bonchev–Trinajstić information content (AvgIpc) is 2.66. The molecule has 1 aromatic carbocycles. The fourth-order valence-electron chi connectivity index (χ4n) is 1.67. The van der Waals surface area contributed by atoms with E-state index in [1.807, 2.05) is 6.20 Å². The first-order valence-corrected chi connectivity index (χ1v) is 10.8. The van der Waals surface area contributed by atoms with Crippen LogP contribution in [0.15, 0.2) is 22.8 Å². The van der Waals surface area contributed by atoms with Gasteiger partial charge in [0.2, 0.25) is 0 Å². The second kappa shape index (κ2) is 5.72. The monoisotopic (exact) mass is 344 g/mol. The van der Waals surface area contributed by atoms with E-state index in [1.54, 1.807) is 10.7 Å². The standard InChI is InChI=1S/C13H18BrFN2OSi/c1-19(2,3)5-4-18-9-17-8-10-6-11(14)12(15)7-13(10)16-17/h6-8H,4-5,9H2,1-3H3. The van der Waals surface area contributed by atoms with Crippen molar-refractivity contribution in [2.24, 2.45) is 0 Å². The predicted octanol–water partition coefficient (Wildman–Crippen LogP) is 4.25. The number of halogens is 2. The van der Waals surface area contributed by atoms with Crippen LogP contribution < -0.4 is 0 Å². The highest BCUT2D eigenvalue weighted by molar-refractivity contribution is 9.10. The fraction of sp³-hybridized carbons (Fsp3) is 0.462.